The zero-order valence-electron chi connectivity index (χ0n) is 16.7. The fraction of sp³-hybridized carbons (Fsp3) is 0.286. The first-order valence-corrected chi connectivity index (χ1v) is 9.62. The summed E-state index contributed by atoms with van der Waals surface area (Å²) in [6.07, 6.45) is -7.78. The molecule has 1 fully saturated rings. The molecule has 2 heterocycles. The second-order valence-corrected chi connectivity index (χ2v) is 7.43. The molecular formula is C21H19O12-. The summed E-state index contributed by atoms with van der Waals surface area (Å²) >= 11 is 0. The summed E-state index contributed by atoms with van der Waals surface area (Å²) in [6, 6.07) is 5.35. The molecule has 12 heteroatoms. The van der Waals surface area contributed by atoms with Crippen LogP contribution in [-0.4, -0.2) is 73.1 Å². The number of benzene rings is 2. The standard InChI is InChI=1S/C21H20O12/c22-6-13-15(26)17(28)19(30)21(33-13)32-11-2-1-7(3-9(11)24)20-18(29)16(27)14-10(25)4-8(23)5-12(14)31-20/h1-5,13,15,17,19,21-26,28-30H,6H2/p-1/t13-,15-,17+,19-,21-/m1/s1. The highest BCUT2D eigenvalue weighted by Crippen LogP contribution is 2.38. The van der Waals surface area contributed by atoms with Crippen molar-refractivity contribution in [2.24, 2.45) is 0 Å². The van der Waals surface area contributed by atoms with Crippen LogP contribution in [0.25, 0.3) is 22.3 Å². The lowest BCUT2D eigenvalue weighted by Gasteiger charge is -2.39. The van der Waals surface area contributed by atoms with Gasteiger partial charge in [0.15, 0.2) is 16.9 Å². The molecule has 33 heavy (non-hydrogen) atoms. The van der Waals surface area contributed by atoms with E-state index in [-0.39, 0.29) is 16.9 Å². The molecule has 1 aliphatic heterocycles. The van der Waals surface area contributed by atoms with Crippen molar-refractivity contribution in [3.8, 4) is 40.1 Å². The zero-order valence-corrected chi connectivity index (χ0v) is 16.7. The predicted octanol–water partition coefficient (Wildman–Crippen LogP) is -1.17. The Morgan fingerprint density at radius 2 is 1.70 bits per heavy atom. The summed E-state index contributed by atoms with van der Waals surface area (Å²) in [4.78, 5) is 12.4. The van der Waals surface area contributed by atoms with Gasteiger partial charge in [-0.25, -0.2) is 0 Å². The lowest BCUT2D eigenvalue weighted by molar-refractivity contribution is -0.277. The fourth-order valence-electron chi connectivity index (χ4n) is 3.51. The Bertz CT molecular complexity index is 1250. The van der Waals surface area contributed by atoms with Gasteiger partial charge in [-0.05, 0) is 23.9 Å². The van der Waals surface area contributed by atoms with Crippen molar-refractivity contribution in [3.63, 3.8) is 0 Å². The number of hydrogen-bond acceptors (Lipinski definition) is 12. The maximum Gasteiger partial charge on any atom is 0.229 e. The molecule has 5 atom stereocenters. The average molecular weight is 463 g/mol. The number of aliphatic hydroxyl groups is 4. The molecule has 4 rings (SSSR count). The molecule has 3 aromatic rings. The van der Waals surface area contributed by atoms with E-state index in [9.17, 15) is 45.6 Å². The van der Waals surface area contributed by atoms with E-state index in [1.54, 1.807) is 0 Å². The number of rotatable bonds is 4. The highest BCUT2D eigenvalue weighted by molar-refractivity contribution is 5.88. The Labute approximate surface area is 184 Å². The van der Waals surface area contributed by atoms with Crippen LogP contribution in [-0.2, 0) is 4.74 Å². The quantitative estimate of drug-likeness (QED) is 0.244. The molecule has 176 valence electrons. The van der Waals surface area contributed by atoms with Gasteiger partial charge in [-0.3, -0.25) is 4.79 Å². The summed E-state index contributed by atoms with van der Waals surface area (Å²) in [7, 11) is 0. The SMILES string of the molecule is O=c1c([O-])c(-c2ccc(O[C@@H]3O[C@H](CO)[C@@H](O)[C@H](O)[C@H]3O)c(O)c2)oc2cc(O)cc(O)c12. The number of hydrogen-bond donors (Lipinski definition) is 7. The van der Waals surface area contributed by atoms with E-state index in [1.807, 2.05) is 0 Å². The minimum Gasteiger partial charge on any atom is -0.867 e. The van der Waals surface area contributed by atoms with E-state index >= 15 is 0 Å². The van der Waals surface area contributed by atoms with Crippen LogP contribution in [0.1, 0.15) is 0 Å². The largest absolute Gasteiger partial charge is 0.867 e. The maximum absolute atomic E-state index is 12.5. The maximum atomic E-state index is 12.5. The predicted molar refractivity (Wildman–Crippen MR) is 107 cm³/mol. The van der Waals surface area contributed by atoms with E-state index in [0.29, 0.717) is 0 Å². The summed E-state index contributed by atoms with van der Waals surface area (Å²) in [5, 5.41) is 80.9. The third-order valence-electron chi connectivity index (χ3n) is 5.23. The second-order valence-electron chi connectivity index (χ2n) is 7.43. The van der Waals surface area contributed by atoms with Gasteiger partial charge in [0.1, 0.15) is 52.6 Å². The Hall–Kier alpha value is -3.55. The second kappa shape index (κ2) is 8.42. The highest BCUT2D eigenvalue weighted by atomic mass is 16.7. The smallest absolute Gasteiger partial charge is 0.229 e. The minimum atomic E-state index is -1.71. The van der Waals surface area contributed by atoms with Gasteiger partial charge in [0.25, 0.3) is 0 Å². The molecule has 0 radical (unpaired) electrons. The molecule has 12 nitrogen and oxygen atoms in total. The molecule has 0 aliphatic carbocycles. The van der Waals surface area contributed by atoms with Crippen LogP contribution in [0.3, 0.4) is 0 Å². The van der Waals surface area contributed by atoms with E-state index in [1.165, 1.54) is 6.07 Å². The van der Waals surface area contributed by atoms with Crippen molar-refractivity contribution in [2.75, 3.05) is 6.61 Å². The van der Waals surface area contributed by atoms with E-state index in [0.717, 1.165) is 24.3 Å². The molecule has 0 saturated carbocycles. The molecule has 0 amide bonds. The van der Waals surface area contributed by atoms with Crippen LogP contribution < -0.4 is 15.3 Å². The van der Waals surface area contributed by atoms with Crippen LogP contribution in [0, 0.1) is 0 Å². The van der Waals surface area contributed by atoms with Crippen LogP contribution in [0.15, 0.2) is 39.5 Å². The molecule has 1 aliphatic rings. The molecule has 1 saturated heterocycles. The molecule has 7 N–H and O–H groups in total. The third-order valence-corrected chi connectivity index (χ3v) is 5.23. The van der Waals surface area contributed by atoms with Gasteiger partial charge in [-0.2, -0.15) is 0 Å². The van der Waals surface area contributed by atoms with Crippen molar-refractivity contribution in [2.45, 2.75) is 30.7 Å². The fourth-order valence-corrected chi connectivity index (χ4v) is 3.51. The summed E-state index contributed by atoms with van der Waals surface area (Å²) in [5.41, 5.74) is -1.38. The monoisotopic (exact) mass is 463 g/mol. The van der Waals surface area contributed by atoms with Crippen LogP contribution in [0.2, 0.25) is 0 Å². The molecule has 0 bridgehead atoms. The van der Waals surface area contributed by atoms with Crippen LogP contribution in [0.4, 0.5) is 0 Å². The van der Waals surface area contributed by atoms with Gasteiger partial charge in [0.05, 0.1) is 6.61 Å². The van der Waals surface area contributed by atoms with Gasteiger partial charge in [-0.1, -0.05) is 0 Å². The minimum absolute atomic E-state index is 0.0412. The van der Waals surface area contributed by atoms with Crippen molar-refractivity contribution in [1.29, 1.82) is 0 Å². The average Bonchev–Trinajstić information content (AvgIpc) is 2.77. The molecule has 0 spiro atoms. The molecule has 1 aromatic heterocycles. The zero-order chi connectivity index (χ0) is 24.0. The Morgan fingerprint density at radius 3 is 2.36 bits per heavy atom. The number of fused-ring (bicyclic) bond motifs is 1. The van der Waals surface area contributed by atoms with Crippen molar-refractivity contribution < 1.29 is 54.7 Å². The first-order valence-electron chi connectivity index (χ1n) is 9.62. The van der Waals surface area contributed by atoms with Crippen molar-refractivity contribution >= 4 is 11.0 Å². The highest BCUT2D eigenvalue weighted by Gasteiger charge is 2.44. The summed E-state index contributed by atoms with van der Waals surface area (Å²) in [6.45, 7) is -0.673. The first kappa shape index (κ1) is 22.6. The van der Waals surface area contributed by atoms with E-state index in [4.69, 9.17) is 13.9 Å². The van der Waals surface area contributed by atoms with E-state index < -0.39 is 76.9 Å². The molecular weight excluding hydrogens is 444 g/mol. The van der Waals surface area contributed by atoms with Gasteiger partial charge >= 0.3 is 0 Å². The number of aliphatic hydroxyl groups excluding tert-OH is 4. The van der Waals surface area contributed by atoms with Crippen LogP contribution in [0.5, 0.6) is 28.7 Å². The van der Waals surface area contributed by atoms with Gasteiger partial charge in [-0.15, -0.1) is 0 Å². The lowest BCUT2D eigenvalue weighted by atomic mass is 9.99. The van der Waals surface area contributed by atoms with Gasteiger partial charge in [0, 0.05) is 17.7 Å². The summed E-state index contributed by atoms with van der Waals surface area (Å²) < 4.78 is 16.0. The number of phenolic OH excluding ortho intramolecular Hbond substituents is 3. The Kier molecular flexibility index (Phi) is 5.78. The van der Waals surface area contributed by atoms with Crippen molar-refractivity contribution in [1.82, 2.24) is 0 Å². The first-order chi connectivity index (χ1) is 15.6. The third kappa shape index (κ3) is 3.90. The van der Waals surface area contributed by atoms with Crippen LogP contribution >= 0.6 is 0 Å². The molecule has 0 unspecified atom stereocenters. The Balaban J connectivity index is 1.68. The van der Waals surface area contributed by atoms with Gasteiger partial charge in [0.2, 0.25) is 6.29 Å². The lowest BCUT2D eigenvalue weighted by Crippen LogP contribution is -2.60. The normalized spacial score (nSPS) is 25.3. The topological polar surface area (TPSA) is 213 Å². The van der Waals surface area contributed by atoms with Gasteiger partial charge < -0.3 is 54.7 Å². The van der Waals surface area contributed by atoms with E-state index in [2.05, 4.69) is 0 Å². The number of aromatic hydroxyl groups is 3. The molecule has 2 aromatic carbocycles. The summed E-state index contributed by atoms with van der Waals surface area (Å²) in [5.74, 6) is -3.44. The number of ether oxygens (including phenoxy) is 2. The Morgan fingerprint density at radius 1 is 0.970 bits per heavy atom. The van der Waals surface area contributed by atoms with Crippen molar-refractivity contribution in [3.05, 3.63) is 40.6 Å². The number of phenols is 3.